The lowest BCUT2D eigenvalue weighted by molar-refractivity contribution is 0.669. The number of furan rings is 2. The van der Waals surface area contributed by atoms with Crippen molar-refractivity contribution in [3.05, 3.63) is 206 Å². The van der Waals surface area contributed by atoms with Crippen molar-refractivity contribution < 1.29 is 8.83 Å². The van der Waals surface area contributed by atoms with Gasteiger partial charge in [0.2, 0.25) is 0 Å². The molecule has 0 fully saturated rings. The molecule has 310 valence electrons. The van der Waals surface area contributed by atoms with Crippen molar-refractivity contribution >= 4 is 109 Å². The fourth-order valence-electron chi connectivity index (χ4n) is 10.6. The van der Waals surface area contributed by atoms with Gasteiger partial charge in [-0.3, -0.25) is 0 Å². The van der Waals surface area contributed by atoms with Crippen molar-refractivity contribution in [3.8, 4) is 39.9 Å². The molecule has 4 aromatic heterocycles. The minimum atomic E-state index is 0.519. The number of benzene rings is 11. The number of rotatable bonds is 4. The van der Waals surface area contributed by atoms with Crippen molar-refractivity contribution in [1.29, 1.82) is 0 Å². The van der Waals surface area contributed by atoms with E-state index in [1.54, 1.807) is 0 Å². The van der Waals surface area contributed by atoms with Gasteiger partial charge in [-0.25, -0.2) is 15.0 Å². The Hall–Kier alpha value is -9.13. The quantitative estimate of drug-likeness (QED) is 0.176. The summed E-state index contributed by atoms with van der Waals surface area (Å²) in [5, 5.41) is 15.5. The molecule has 0 aliphatic rings. The highest BCUT2D eigenvalue weighted by molar-refractivity contribution is 6.24. The third-order valence-electron chi connectivity index (χ3n) is 13.7. The molecule has 11 aromatic carbocycles. The lowest BCUT2D eigenvalue weighted by Gasteiger charge is -2.17. The van der Waals surface area contributed by atoms with Crippen molar-refractivity contribution in [1.82, 2.24) is 19.5 Å². The zero-order chi connectivity index (χ0) is 43.7. The van der Waals surface area contributed by atoms with E-state index < -0.39 is 0 Å². The lowest BCUT2D eigenvalue weighted by atomic mass is 10.0. The van der Waals surface area contributed by atoms with Crippen LogP contribution in [0.15, 0.2) is 215 Å². The highest BCUT2D eigenvalue weighted by Gasteiger charge is 2.26. The molecule has 0 radical (unpaired) electrons. The minimum Gasteiger partial charge on any atom is -0.456 e. The Balaban J connectivity index is 1.12. The second-order valence-electron chi connectivity index (χ2n) is 17.5. The number of nitrogens with zero attached hydrogens (tertiary/aromatic N) is 4. The van der Waals surface area contributed by atoms with E-state index >= 15 is 0 Å². The molecule has 6 heteroatoms. The van der Waals surface area contributed by atoms with Crippen molar-refractivity contribution in [3.63, 3.8) is 0 Å². The van der Waals surface area contributed by atoms with Crippen LogP contribution in [0.2, 0.25) is 0 Å². The summed E-state index contributed by atoms with van der Waals surface area (Å²) in [6.07, 6.45) is 0. The van der Waals surface area contributed by atoms with Crippen LogP contribution >= 0.6 is 0 Å². The van der Waals surface area contributed by atoms with Gasteiger partial charge in [0, 0.05) is 43.4 Å². The van der Waals surface area contributed by atoms with E-state index in [1.807, 2.05) is 18.2 Å². The molecular formula is C61H34N4O2. The molecule has 6 nitrogen and oxygen atoms in total. The Kier molecular flexibility index (Phi) is 7.40. The maximum absolute atomic E-state index is 6.90. The molecule has 15 rings (SSSR count). The fraction of sp³-hybridized carbons (Fsp3) is 0. The molecule has 0 N–H and O–H groups in total. The Bertz CT molecular complexity index is 4590. The van der Waals surface area contributed by atoms with Gasteiger partial charge in [-0.05, 0) is 92.3 Å². The fourth-order valence-corrected chi connectivity index (χ4v) is 10.6. The summed E-state index contributed by atoms with van der Waals surface area (Å²) in [7, 11) is 0. The van der Waals surface area contributed by atoms with Gasteiger partial charge < -0.3 is 13.4 Å². The maximum atomic E-state index is 6.90. The zero-order valence-electron chi connectivity index (χ0n) is 35.7. The summed E-state index contributed by atoms with van der Waals surface area (Å²) in [5.74, 6) is 1.61. The zero-order valence-corrected chi connectivity index (χ0v) is 35.7. The van der Waals surface area contributed by atoms with Crippen LogP contribution in [-0.4, -0.2) is 19.5 Å². The summed E-state index contributed by atoms with van der Waals surface area (Å²) in [6.45, 7) is 0. The highest BCUT2D eigenvalue weighted by atomic mass is 16.3. The summed E-state index contributed by atoms with van der Waals surface area (Å²) in [5.41, 5.74) is 8.75. The average molecular weight is 855 g/mol. The van der Waals surface area contributed by atoms with E-state index in [0.717, 1.165) is 126 Å². The second-order valence-corrected chi connectivity index (χ2v) is 17.5. The third-order valence-corrected chi connectivity index (χ3v) is 13.7. The van der Waals surface area contributed by atoms with E-state index in [9.17, 15) is 0 Å². The minimum absolute atomic E-state index is 0.519. The Morgan fingerprint density at radius 1 is 0.328 bits per heavy atom. The first kappa shape index (κ1) is 36.2. The summed E-state index contributed by atoms with van der Waals surface area (Å²) in [4.78, 5) is 16.3. The Labute approximate surface area is 381 Å². The molecule has 0 aliphatic heterocycles. The van der Waals surface area contributed by atoms with Crippen LogP contribution < -0.4 is 0 Å². The summed E-state index contributed by atoms with van der Waals surface area (Å²) < 4.78 is 16.0. The molecule has 0 aliphatic carbocycles. The molecular weight excluding hydrogens is 821 g/mol. The Morgan fingerprint density at radius 2 is 0.940 bits per heavy atom. The predicted octanol–water partition coefficient (Wildman–Crippen LogP) is 16.4. The summed E-state index contributed by atoms with van der Waals surface area (Å²) >= 11 is 0. The van der Waals surface area contributed by atoms with E-state index in [2.05, 4.69) is 193 Å². The topological polar surface area (TPSA) is 69.9 Å². The largest absolute Gasteiger partial charge is 0.456 e. The number of hydrogen-bond donors (Lipinski definition) is 0. The smallest absolute Gasteiger partial charge is 0.167 e. The number of hydrogen-bond acceptors (Lipinski definition) is 5. The number of fused-ring (bicyclic) bond motifs is 14. The van der Waals surface area contributed by atoms with Crippen LogP contribution in [0.25, 0.3) is 149 Å². The molecule has 0 bridgehead atoms. The molecule has 0 saturated carbocycles. The van der Waals surface area contributed by atoms with Gasteiger partial charge in [0.05, 0.1) is 27.7 Å². The first-order valence-corrected chi connectivity index (χ1v) is 22.6. The predicted molar refractivity (Wildman–Crippen MR) is 275 cm³/mol. The van der Waals surface area contributed by atoms with Crippen LogP contribution in [0.1, 0.15) is 0 Å². The molecule has 0 saturated heterocycles. The number of aromatic nitrogens is 4. The normalized spacial score (nSPS) is 12.2. The van der Waals surface area contributed by atoms with Gasteiger partial charge in [-0.2, -0.15) is 0 Å². The third kappa shape index (κ3) is 5.35. The number of para-hydroxylation sites is 2. The second kappa shape index (κ2) is 13.7. The molecule has 0 amide bonds. The van der Waals surface area contributed by atoms with E-state index in [-0.39, 0.29) is 0 Å². The van der Waals surface area contributed by atoms with Crippen LogP contribution in [0.4, 0.5) is 0 Å². The molecule has 0 atom stereocenters. The van der Waals surface area contributed by atoms with Crippen molar-refractivity contribution in [2.45, 2.75) is 0 Å². The average Bonchev–Trinajstić information content (AvgIpc) is 4.06. The van der Waals surface area contributed by atoms with Gasteiger partial charge in [-0.1, -0.05) is 152 Å². The molecule has 0 unspecified atom stereocenters. The van der Waals surface area contributed by atoms with Crippen LogP contribution in [0, 0.1) is 0 Å². The lowest BCUT2D eigenvalue weighted by Crippen LogP contribution is -2.04. The first-order valence-electron chi connectivity index (χ1n) is 22.6. The van der Waals surface area contributed by atoms with E-state index in [0.29, 0.717) is 17.5 Å². The summed E-state index contributed by atoms with van der Waals surface area (Å²) in [6, 6.07) is 72.8. The standard InChI is InChI=1S/C61H34N4O2/c1-2-14-37-30-42(25-24-35(37)12-1)59-62-60(64-61(63-59)48-22-11-21-46-44-20-9-10-23-52(44)67-58(46)48)47-28-29-53-55(50-32-39-16-4-6-18-41(39)34-54(50)66-53)57(47)65-51-33-40-17-5-3-15-38(40)31-49(51)45-27-26-36-13-7-8-19-43(36)56(45)65/h1-34H. The van der Waals surface area contributed by atoms with Gasteiger partial charge >= 0.3 is 0 Å². The molecule has 0 spiro atoms. The van der Waals surface area contributed by atoms with Gasteiger partial charge in [0.1, 0.15) is 22.3 Å². The van der Waals surface area contributed by atoms with Crippen molar-refractivity contribution in [2.24, 2.45) is 0 Å². The van der Waals surface area contributed by atoms with Gasteiger partial charge in [0.25, 0.3) is 0 Å². The van der Waals surface area contributed by atoms with Crippen LogP contribution in [-0.2, 0) is 0 Å². The van der Waals surface area contributed by atoms with E-state index in [1.165, 1.54) is 5.39 Å². The Morgan fingerprint density at radius 3 is 1.75 bits per heavy atom. The van der Waals surface area contributed by atoms with Crippen LogP contribution in [0.3, 0.4) is 0 Å². The molecule has 67 heavy (non-hydrogen) atoms. The maximum Gasteiger partial charge on any atom is 0.167 e. The SMILES string of the molecule is c1ccc2cc(-c3nc(-c4ccc5oc6cc7ccccc7cc6c5c4-n4c5cc6ccccc6cc5c5ccc6ccccc6c54)nc(-c4cccc5c4oc4ccccc45)n3)ccc2c1. The van der Waals surface area contributed by atoms with Gasteiger partial charge in [-0.15, -0.1) is 0 Å². The monoisotopic (exact) mass is 854 g/mol. The molecule has 4 heterocycles. The highest BCUT2D eigenvalue weighted by Crippen LogP contribution is 2.46. The van der Waals surface area contributed by atoms with Crippen LogP contribution in [0.5, 0.6) is 0 Å². The van der Waals surface area contributed by atoms with Crippen molar-refractivity contribution in [2.75, 3.05) is 0 Å². The van der Waals surface area contributed by atoms with Gasteiger partial charge in [0.15, 0.2) is 17.5 Å². The molecule has 15 aromatic rings. The van der Waals surface area contributed by atoms with E-state index in [4.69, 9.17) is 23.8 Å². The first-order chi connectivity index (χ1) is 33.2.